The third-order valence-electron chi connectivity index (χ3n) is 5.63. The van der Waals surface area contributed by atoms with Crippen molar-refractivity contribution in [2.45, 2.75) is 38.6 Å². The first-order valence-corrected chi connectivity index (χ1v) is 13.6. The summed E-state index contributed by atoms with van der Waals surface area (Å²) < 4.78 is 56.6. The maximum absolute atomic E-state index is 14.3. The van der Waals surface area contributed by atoms with Crippen LogP contribution in [0.15, 0.2) is 51.2 Å². The first kappa shape index (κ1) is 28.6. The van der Waals surface area contributed by atoms with E-state index in [9.17, 15) is 22.4 Å². The number of halogens is 6. The lowest BCUT2D eigenvalue weighted by molar-refractivity contribution is -0.275. The molecule has 194 valence electrons. The minimum atomic E-state index is -4.83. The van der Waals surface area contributed by atoms with Crippen LogP contribution in [0, 0.1) is 12.7 Å². The number of aromatic nitrogens is 1. The van der Waals surface area contributed by atoms with Gasteiger partial charge in [-0.05, 0) is 68.3 Å². The van der Waals surface area contributed by atoms with Gasteiger partial charge in [-0.2, -0.15) is 24.9 Å². The maximum Gasteiger partial charge on any atom is 0.435 e. The van der Waals surface area contributed by atoms with Crippen molar-refractivity contribution in [3.8, 4) is 0 Å². The molecule has 1 atom stereocenters. The van der Waals surface area contributed by atoms with E-state index >= 15 is 0 Å². The Kier molecular flexibility index (Phi) is 9.26. The first-order valence-electron chi connectivity index (χ1n) is 10.8. The number of oxime groups is 1. The van der Waals surface area contributed by atoms with E-state index in [1.165, 1.54) is 18.0 Å². The van der Waals surface area contributed by atoms with Crippen molar-refractivity contribution in [2.75, 3.05) is 18.1 Å². The van der Waals surface area contributed by atoms with Crippen molar-refractivity contribution >= 4 is 55.2 Å². The van der Waals surface area contributed by atoms with Gasteiger partial charge in [-0.1, -0.05) is 18.2 Å². The van der Waals surface area contributed by atoms with Crippen LogP contribution in [0.1, 0.15) is 35.7 Å². The molecular weight excluding hydrogens is 630 g/mol. The summed E-state index contributed by atoms with van der Waals surface area (Å²) in [5, 5.41) is 3.76. The number of pyridine rings is 1. The van der Waals surface area contributed by atoms with Gasteiger partial charge in [0.05, 0.1) is 39.1 Å². The van der Waals surface area contributed by atoms with Crippen LogP contribution in [0.2, 0.25) is 0 Å². The van der Waals surface area contributed by atoms with Gasteiger partial charge in [0.2, 0.25) is 5.91 Å². The molecule has 1 amide bonds. The maximum atomic E-state index is 14.3. The van der Waals surface area contributed by atoms with E-state index < -0.39 is 24.0 Å². The van der Waals surface area contributed by atoms with Crippen molar-refractivity contribution in [3.05, 3.63) is 74.2 Å². The van der Waals surface area contributed by atoms with Gasteiger partial charge in [-0.15, -0.1) is 6.58 Å². The van der Waals surface area contributed by atoms with E-state index in [1.54, 1.807) is 24.0 Å². The SMILES string of the molecule is C=CCN(Cc1ncc(C2=NOC(c3cc(Br)c(F)c(Br)c3)(C(F)(F)F)C2)cc1C)C(=O)CSCC. The fraction of sp³-hybridized carbons (Fsp3) is 0.375. The van der Waals surface area contributed by atoms with E-state index in [0.717, 1.165) is 17.9 Å². The highest BCUT2D eigenvalue weighted by molar-refractivity contribution is 9.11. The standard InChI is InChI=1S/C24H23Br2F4N3O2S/c1-4-6-33(21(34)13-36-5-2)12-20-14(3)7-15(11-31-20)19-10-23(35-32-19,24(28,29)30)16-8-17(25)22(27)18(26)9-16/h4,7-9,11H,1,5-6,10,12-13H2,2-3H3. The Morgan fingerprint density at radius 2 is 1.97 bits per heavy atom. The van der Waals surface area contributed by atoms with Crippen molar-refractivity contribution in [2.24, 2.45) is 5.16 Å². The number of carbonyl (C=O) groups is 1. The zero-order valence-electron chi connectivity index (χ0n) is 19.5. The number of aryl methyl sites for hydroxylation is 1. The monoisotopic (exact) mass is 651 g/mol. The molecule has 0 fully saturated rings. The normalized spacial score (nSPS) is 17.5. The number of rotatable bonds is 9. The summed E-state index contributed by atoms with van der Waals surface area (Å²) in [6.07, 6.45) is -2.40. The zero-order valence-corrected chi connectivity index (χ0v) is 23.5. The van der Waals surface area contributed by atoms with Crippen molar-refractivity contribution < 1.29 is 27.2 Å². The van der Waals surface area contributed by atoms with Gasteiger partial charge >= 0.3 is 6.18 Å². The molecule has 1 aliphatic heterocycles. The van der Waals surface area contributed by atoms with Gasteiger partial charge < -0.3 is 9.74 Å². The Labute approximate surface area is 227 Å². The Balaban J connectivity index is 1.87. The number of benzene rings is 1. The molecule has 1 aliphatic rings. The molecule has 0 N–H and O–H groups in total. The van der Waals surface area contributed by atoms with E-state index in [4.69, 9.17) is 4.84 Å². The predicted molar refractivity (Wildman–Crippen MR) is 139 cm³/mol. The number of carbonyl (C=O) groups excluding carboxylic acids is 1. The molecule has 0 saturated carbocycles. The molecule has 12 heteroatoms. The third kappa shape index (κ3) is 5.96. The third-order valence-corrected chi connectivity index (χ3v) is 7.64. The molecule has 3 rings (SSSR count). The summed E-state index contributed by atoms with van der Waals surface area (Å²) in [4.78, 5) is 23.6. The molecule has 36 heavy (non-hydrogen) atoms. The summed E-state index contributed by atoms with van der Waals surface area (Å²) in [5.74, 6) is 0.384. The smallest absolute Gasteiger partial charge is 0.374 e. The molecule has 1 unspecified atom stereocenters. The largest absolute Gasteiger partial charge is 0.435 e. The van der Waals surface area contributed by atoms with E-state index in [0.29, 0.717) is 29.1 Å². The number of hydrogen-bond acceptors (Lipinski definition) is 5. The molecule has 2 heterocycles. The van der Waals surface area contributed by atoms with Crippen molar-refractivity contribution in [3.63, 3.8) is 0 Å². The number of thioether (sulfide) groups is 1. The zero-order chi connectivity index (χ0) is 26.7. The second-order valence-corrected chi connectivity index (χ2v) is 11.1. The van der Waals surface area contributed by atoms with Crippen LogP contribution in [0.25, 0.3) is 0 Å². The highest BCUT2D eigenvalue weighted by Crippen LogP contribution is 2.50. The molecule has 1 aromatic carbocycles. The number of amides is 1. The molecule has 0 saturated heterocycles. The lowest BCUT2D eigenvalue weighted by Crippen LogP contribution is -2.42. The summed E-state index contributed by atoms with van der Waals surface area (Å²) in [6.45, 7) is 8.03. The average Bonchev–Trinajstić information content (AvgIpc) is 3.28. The summed E-state index contributed by atoms with van der Waals surface area (Å²) in [6, 6.07) is 3.76. The van der Waals surface area contributed by atoms with Gasteiger partial charge in [-0.25, -0.2) is 4.39 Å². The van der Waals surface area contributed by atoms with Crippen molar-refractivity contribution in [1.29, 1.82) is 0 Å². The molecule has 0 bridgehead atoms. The molecular formula is C24H23Br2F4N3O2S. The van der Waals surface area contributed by atoms with Gasteiger partial charge in [0.1, 0.15) is 0 Å². The van der Waals surface area contributed by atoms with Crippen LogP contribution < -0.4 is 0 Å². The highest BCUT2D eigenvalue weighted by atomic mass is 79.9. The number of alkyl halides is 3. The second-order valence-electron chi connectivity index (χ2n) is 8.07. The van der Waals surface area contributed by atoms with Gasteiger partial charge in [-0.3, -0.25) is 9.78 Å². The minimum Gasteiger partial charge on any atom is -0.374 e. The quantitative estimate of drug-likeness (QED) is 0.168. The molecule has 1 aromatic heterocycles. The molecule has 0 radical (unpaired) electrons. The van der Waals surface area contributed by atoms with Crippen molar-refractivity contribution in [1.82, 2.24) is 9.88 Å². The van der Waals surface area contributed by atoms with Crippen LogP contribution in [0.3, 0.4) is 0 Å². The summed E-state index contributed by atoms with van der Waals surface area (Å²) >= 11 is 7.42. The molecule has 0 aliphatic carbocycles. The lowest BCUT2D eigenvalue weighted by atomic mass is 9.86. The summed E-state index contributed by atoms with van der Waals surface area (Å²) in [7, 11) is 0. The van der Waals surface area contributed by atoms with Crippen LogP contribution in [-0.4, -0.2) is 45.7 Å². The topological polar surface area (TPSA) is 54.8 Å². The van der Waals surface area contributed by atoms with Gasteiger partial charge in [0, 0.05) is 23.9 Å². The minimum absolute atomic E-state index is 0.0489. The van der Waals surface area contributed by atoms with Gasteiger partial charge in [0.25, 0.3) is 5.60 Å². The fourth-order valence-electron chi connectivity index (χ4n) is 3.65. The Morgan fingerprint density at radius 3 is 2.53 bits per heavy atom. The van der Waals surface area contributed by atoms with E-state index in [1.807, 2.05) is 6.92 Å². The van der Waals surface area contributed by atoms with E-state index in [-0.39, 0.29) is 32.7 Å². The van der Waals surface area contributed by atoms with Crippen LogP contribution in [-0.2, 0) is 21.8 Å². The van der Waals surface area contributed by atoms with Gasteiger partial charge in [0.15, 0.2) is 5.82 Å². The van der Waals surface area contributed by atoms with E-state index in [2.05, 4.69) is 48.6 Å². The van der Waals surface area contributed by atoms with Crippen LogP contribution >= 0.6 is 43.6 Å². The summed E-state index contributed by atoms with van der Waals surface area (Å²) in [5.41, 5.74) is -1.34. The Morgan fingerprint density at radius 1 is 1.31 bits per heavy atom. The first-order chi connectivity index (χ1) is 16.9. The fourth-order valence-corrected chi connectivity index (χ4v) is 5.39. The highest BCUT2D eigenvalue weighted by Gasteiger charge is 2.62. The molecule has 0 spiro atoms. The Bertz CT molecular complexity index is 1170. The Hall–Kier alpha value is -1.92. The number of hydrogen-bond donors (Lipinski definition) is 0. The average molecular weight is 653 g/mol. The molecule has 2 aromatic rings. The molecule has 5 nitrogen and oxygen atoms in total. The lowest BCUT2D eigenvalue weighted by Gasteiger charge is -2.30. The second kappa shape index (κ2) is 11.6. The number of nitrogens with zero attached hydrogens (tertiary/aromatic N) is 3. The van der Waals surface area contributed by atoms with Crippen LogP contribution in [0.5, 0.6) is 0 Å². The predicted octanol–water partition coefficient (Wildman–Crippen LogP) is 6.90. The van der Waals surface area contributed by atoms with Crippen LogP contribution in [0.4, 0.5) is 17.6 Å².